The Morgan fingerprint density at radius 2 is 2.23 bits per heavy atom. The molecule has 1 aromatic heterocycles. The van der Waals surface area contributed by atoms with Gasteiger partial charge in [0.15, 0.2) is 11.5 Å². The second-order valence-corrected chi connectivity index (χ2v) is 4.28. The lowest BCUT2D eigenvalue weighted by molar-refractivity contribution is 0.0954. The number of carbonyl (C=O) groups excluding carboxylic acids is 1. The molecule has 1 N–H and O–H groups in total. The average molecular weight is 299 g/mol. The Labute approximate surface area is 128 Å². The van der Waals surface area contributed by atoms with E-state index in [-0.39, 0.29) is 5.91 Å². The maximum absolute atomic E-state index is 12.1. The molecular formula is C16H17N3O3. The summed E-state index contributed by atoms with van der Waals surface area (Å²) in [5.41, 5.74) is 3.70. The van der Waals surface area contributed by atoms with E-state index in [4.69, 9.17) is 9.47 Å². The van der Waals surface area contributed by atoms with Gasteiger partial charge >= 0.3 is 0 Å². The van der Waals surface area contributed by atoms with Crippen molar-refractivity contribution in [2.45, 2.75) is 6.92 Å². The molecule has 114 valence electrons. The van der Waals surface area contributed by atoms with Gasteiger partial charge in [-0.1, -0.05) is 6.07 Å². The lowest BCUT2D eigenvalue weighted by Gasteiger charge is -2.10. The van der Waals surface area contributed by atoms with Gasteiger partial charge in [-0.3, -0.25) is 9.78 Å². The van der Waals surface area contributed by atoms with E-state index in [1.165, 1.54) is 6.21 Å². The number of hydrogen-bond donors (Lipinski definition) is 1. The fraction of sp³-hybridized carbons (Fsp3) is 0.188. The van der Waals surface area contributed by atoms with E-state index in [1.807, 2.05) is 13.0 Å². The number of hydrogen-bond acceptors (Lipinski definition) is 5. The monoisotopic (exact) mass is 299 g/mol. The highest BCUT2D eigenvalue weighted by Gasteiger charge is 2.10. The molecule has 0 aliphatic rings. The summed E-state index contributed by atoms with van der Waals surface area (Å²) in [5, 5.41) is 3.90. The quantitative estimate of drug-likeness (QED) is 0.656. The van der Waals surface area contributed by atoms with Gasteiger partial charge in [0.05, 0.1) is 19.9 Å². The van der Waals surface area contributed by atoms with E-state index in [1.54, 1.807) is 43.8 Å². The van der Waals surface area contributed by atoms with Crippen molar-refractivity contribution in [1.29, 1.82) is 0 Å². The predicted molar refractivity (Wildman–Crippen MR) is 83.5 cm³/mol. The standard InChI is InChI=1S/C16H17N3O3/c1-3-22-15-9-13(6-7-14(15)21-2)16(20)19-18-11-12-5-4-8-17-10-12/h4-11H,3H2,1-2H3,(H,19,20)/b18-11+. The lowest BCUT2D eigenvalue weighted by Crippen LogP contribution is -2.17. The molecule has 1 heterocycles. The first-order valence-corrected chi connectivity index (χ1v) is 6.79. The Morgan fingerprint density at radius 1 is 1.36 bits per heavy atom. The fourth-order valence-corrected chi connectivity index (χ4v) is 1.77. The first kappa shape index (κ1) is 15.5. The van der Waals surface area contributed by atoms with E-state index < -0.39 is 0 Å². The predicted octanol–water partition coefficient (Wildman–Crippen LogP) is 2.25. The molecule has 2 aromatic rings. The summed E-state index contributed by atoms with van der Waals surface area (Å²) in [6, 6.07) is 8.59. The Kier molecular flexibility index (Phi) is 5.48. The molecule has 0 aliphatic carbocycles. The van der Waals surface area contributed by atoms with Crippen molar-refractivity contribution in [2.75, 3.05) is 13.7 Å². The minimum atomic E-state index is -0.330. The molecule has 0 saturated heterocycles. The van der Waals surface area contributed by atoms with Crippen LogP contribution in [-0.2, 0) is 0 Å². The van der Waals surface area contributed by atoms with Gasteiger partial charge in [0.1, 0.15) is 0 Å². The van der Waals surface area contributed by atoms with Crippen molar-refractivity contribution in [1.82, 2.24) is 10.4 Å². The van der Waals surface area contributed by atoms with Gasteiger partial charge in [-0.05, 0) is 31.2 Å². The second kappa shape index (κ2) is 7.78. The van der Waals surface area contributed by atoms with Crippen LogP contribution in [0.4, 0.5) is 0 Å². The molecule has 0 unspecified atom stereocenters. The zero-order chi connectivity index (χ0) is 15.8. The van der Waals surface area contributed by atoms with Crippen LogP contribution in [0.3, 0.4) is 0 Å². The summed E-state index contributed by atoms with van der Waals surface area (Å²) in [5.74, 6) is 0.773. The molecule has 0 saturated carbocycles. The molecule has 2 rings (SSSR count). The van der Waals surface area contributed by atoms with Gasteiger partial charge in [-0.25, -0.2) is 5.43 Å². The molecule has 1 aromatic carbocycles. The van der Waals surface area contributed by atoms with Crippen molar-refractivity contribution >= 4 is 12.1 Å². The summed E-state index contributed by atoms with van der Waals surface area (Å²) in [7, 11) is 1.55. The molecule has 0 atom stereocenters. The van der Waals surface area contributed by atoms with Crippen molar-refractivity contribution in [3.8, 4) is 11.5 Å². The minimum absolute atomic E-state index is 0.330. The summed E-state index contributed by atoms with van der Waals surface area (Å²) in [6.45, 7) is 2.35. The summed E-state index contributed by atoms with van der Waals surface area (Å²) >= 11 is 0. The smallest absolute Gasteiger partial charge is 0.271 e. The third-order valence-electron chi connectivity index (χ3n) is 2.79. The molecule has 0 radical (unpaired) electrons. The van der Waals surface area contributed by atoms with Crippen LogP contribution < -0.4 is 14.9 Å². The topological polar surface area (TPSA) is 72.8 Å². The number of benzene rings is 1. The molecule has 0 fully saturated rings. The van der Waals surface area contributed by atoms with Crippen LogP contribution in [0.15, 0.2) is 47.8 Å². The van der Waals surface area contributed by atoms with Crippen molar-refractivity contribution in [3.63, 3.8) is 0 Å². The SMILES string of the molecule is CCOc1cc(C(=O)N/N=C/c2cccnc2)ccc1OC. The molecule has 22 heavy (non-hydrogen) atoms. The molecule has 0 aliphatic heterocycles. The second-order valence-electron chi connectivity index (χ2n) is 4.28. The Morgan fingerprint density at radius 3 is 2.91 bits per heavy atom. The van der Waals surface area contributed by atoms with Crippen LogP contribution in [0.25, 0.3) is 0 Å². The van der Waals surface area contributed by atoms with E-state index in [0.29, 0.717) is 23.7 Å². The largest absolute Gasteiger partial charge is 0.493 e. The number of pyridine rings is 1. The molecule has 6 heteroatoms. The van der Waals surface area contributed by atoms with Crippen molar-refractivity contribution in [3.05, 3.63) is 53.9 Å². The zero-order valence-corrected chi connectivity index (χ0v) is 12.4. The third kappa shape index (κ3) is 4.05. The third-order valence-corrected chi connectivity index (χ3v) is 2.79. The zero-order valence-electron chi connectivity index (χ0n) is 12.4. The number of aromatic nitrogens is 1. The number of carbonyl (C=O) groups is 1. The molecule has 1 amide bonds. The highest BCUT2D eigenvalue weighted by molar-refractivity contribution is 5.95. The summed E-state index contributed by atoms with van der Waals surface area (Å²) < 4.78 is 10.6. The van der Waals surface area contributed by atoms with Gasteiger partial charge in [-0.15, -0.1) is 0 Å². The van der Waals surface area contributed by atoms with E-state index in [2.05, 4.69) is 15.5 Å². The van der Waals surface area contributed by atoms with E-state index >= 15 is 0 Å². The summed E-state index contributed by atoms with van der Waals surface area (Å²) in [6.07, 6.45) is 4.84. The van der Waals surface area contributed by atoms with Gasteiger partial charge in [0.2, 0.25) is 0 Å². The van der Waals surface area contributed by atoms with Crippen molar-refractivity contribution in [2.24, 2.45) is 5.10 Å². The molecule has 0 spiro atoms. The van der Waals surface area contributed by atoms with Crippen molar-refractivity contribution < 1.29 is 14.3 Å². The fourth-order valence-electron chi connectivity index (χ4n) is 1.77. The summed E-state index contributed by atoms with van der Waals surface area (Å²) in [4.78, 5) is 16.0. The van der Waals surface area contributed by atoms with E-state index in [9.17, 15) is 4.79 Å². The highest BCUT2D eigenvalue weighted by Crippen LogP contribution is 2.27. The molecule has 6 nitrogen and oxygen atoms in total. The van der Waals surface area contributed by atoms with Gasteiger partial charge in [0.25, 0.3) is 5.91 Å². The molecular weight excluding hydrogens is 282 g/mol. The number of amides is 1. The lowest BCUT2D eigenvalue weighted by atomic mass is 10.2. The molecule has 0 bridgehead atoms. The first-order valence-electron chi connectivity index (χ1n) is 6.79. The Hall–Kier alpha value is -2.89. The van der Waals surface area contributed by atoms with Gasteiger partial charge < -0.3 is 9.47 Å². The maximum atomic E-state index is 12.1. The Bertz CT molecular complexity index is 657. The normalized spacial score (nSPS) is 10.5. The highest BCUT2D eigenvalue weighted by atomic mass is 16.5. The number of hydrazone groups is 1. The van der Waals surface area contributed by atoms with Gasteiger partial charge in [-0.2, -0.15) is 5.10 Å². The maximum Gasteiger partial charge on any atom is 0.271 e. The van der Waals surface area contributed by atoms with Crippen LogP contribution in [0, 0.1) is 0 Å². The average Bonchev–Trinajstić information content (AvgIpc) is 2.56. The number of rotatable bonds is 6. The van der Waals surface area contributed by atoms with Crippen LogP contribution in [-0.4, -0.2) is 30.8 Å². The minimum Gasteiger partial charge on any atom is -0.493 e. The number of ether oxygens (including phenoxy) is 2. The van der Waals surface area contributed by atoms with E-state index in [0.717, 1.165) is 5.56 Å². The van der Waals surface area contributed by atoms with Crippen LogP contribution >= 0.6 is 0 Å². The van der Waals surface area contributed by atoms with Crippen LogP contribution in [0.1, 0.15) is 22.8 Å². The number of nitrogens with zero attached hydrogens (tertiary/aromatic N) is 2. The Balaban J connectivity index is 2.06. The number of methoxy groups -OCH3 is 1. The van der Waals surface area contributed by atoms with Crippen LogP contribution in [0.2, 0.25) is 0 Å². The first-order chi connectivity index (χ1) is 10.7. The van der Waals surface area contributed by atoms with Crippen LogP contribution in [0.5, 0.6) is 11.5 Å². The van der Waals surface area contributed by atoms with Gasteiger partial charge in [0, 0.05) is 23.5 Å². The number of nitrogens with one attached hydrogen (secondary N) is 1.